The molecule has 4 rings (SSSR count). The molecule has 0 bridgehead atoms. The molecule has 0 saturated heterocycles. The van der Waals surface area contributed by atoms with E-state index < -0.39 is 42.9 Å². The van der Waals surface area contributed by atoms with Crippen LogP contribution in [-0.4, -0.2) is 40.6 Å². The third-order valence-electron chi connectivity index (χ3n) is 5.53. The van der Waals surface area contributed by atoms with E-state index >= 15 is 0 Å². The Balaban J connectivity index is 1.84. The van der Waals surface area contributed by atoms with Crippen LogP contribution in [-0.2, 0) is 10.0 Å². The van der Waals surface area contributed by atoms with Gasteiger partial charge in [-0.15, -0.1) is 10.2 Å². The highest BCUT2D eigenvalue weighted by molar-refractivity contribution is 7.92. The largest absolute Gasteiger partial charge is 0.507 e. The number of azo groups is 1. The number of nitrogens with one attached hydrogen (secondary N) is 1. The first kappa shape index (κ1) is 27.2. The van der Waals surface area contributed by atoms with Gasteiger partial charge in [-0.3, -0.25) is 14.8 Å². The molecule has 0 aliphatic carbocycles. The summed E-state index contributed by atoms with van der Waals surface area (Å²) in [5.41, 5.74) is -1.72. The number of hydrogen-bond acceptors (Lipinski definition) is 10. The van der Waals surface area contributed by atoms with E-state index in [1.807, 2.05) is 0 Å². The smallest absolute Gasteiger partial charge is 0.335 e. The summed E-state index contributed by atoms with van der Waals surface area (Å²) in [5.74, 6) is -3.33. The Labute approximate surface area is 224 Å². The van der Waals surface area contributed by atoms with E-state index in [2.05, 4.69) is 15.0 Å². The lowest BCUT2D eigenvalue weighted by Crippen LogP contribution is -2.15. The van der Waals surface area contributed by atoms with Gasteiger partial charge in [0.15, 0.2) is 0 Å². The number of fused-ring (bicyclic) bond motifs is 1. The van der Waals surface area contributed by atoms with Crippen molar-refractivity contribution in [3.8, 4) is 11.8 Å². The SMILES string of the molecule is N#Cc1cc([N+](=O)[O-])ccc1N=Nc1ccc(O)c2cccc(NS(=O)(=O)c3cc(C(=O)O)cc(C(=O)O)c3)c12. The van der Waals surface area contributed by atoms with Crippen molar-refractivity contribution in [2.75, 3.05) is 4.72 Å². The number of nitrogens with zero attached hydrogens (tertiary/aromatic N) is 4. The predicted molar refractivity (Wildman–Crippen MR) is 139 cm³/mol. The summed E-state index contributed by atoms with van der Waals surface area (Å²) in [5, 5.41) is 57.6. The Morgan fingerprint density at radius 3 is 2.15 bits per heavy atom. The molecule has 15 heteroatoms. The van der Waals surface area contributed by atoms with Crippen molar-refractivity contribution in [2.45, 2.75) is 4.90 Å². The Morgan fingerprint density at radius 1 is 0.925 bits per heavy atom. The lowest BCUT2D eigenvalue weighted by atomic mass is 10.1. The van der Waals surface area contributed by atoms with Crippen LogP contribution in [0.2, 0.25) is 0 Å². The van der Waals surface area contributed by atoms with Gasteiger partial charge in [0.1, 0.15) is 17.5 Å². The number of aromatic hydroxyl groups is 1. The molecular weight excluding hydrogens is 546 g/mol. The molecule has 14 nitrogen and oxygen atoms in total. The van der Waals surface area contributed by atoms with E-state index in [9.17, 15) is 48.7 Å². The maximum absolute atomic E-state index is 13.2. The number of rotatable bonds is 8. The molecule has 0 heterocycles. The van der Waals surface area contributed by atoms with Crippen LogP contribution < -0.4 is 4.72 Å². The molecule has 0 unspecified atom stereocenters. The van der Waals surface area contributed by atoms with Crippen LogP contribution in [0.5, 0.6) is 5.75 Å². The van der Waals surface area contributed by atoms with Crippen molar-refractivity contribution in [3.63, 3.8) is 0 Å². The first-order valence-electron chi connectivity index (χ1n) is 10.9. The van der Waals surface area contributed by atoms with Crippen LogP contribution in [0.1, 0.15) is 26.3 Å². The second-order valence-corrected chi connectivity index (χ2v) is 9.75. The number of non-ortho nitro benzene ring substituents is 1. The minimum absolute atomic E-state index is 0.0147. The van der Waals surface area contributed by atoms with E-state index in [-0.39, 0.29) is 44.8 Å². The number of hydrogen-bond donors (Lipinski definition) is 4. The fourth-order valence-corrected chi connectivity index (χ4v) is 4.81. The van der Waals surface area contributed by atoms with Gasteiger partial charge in [0.05, 0.1) is 37.9 Å². The van der Waals surface area contributed by atoms with Crippen LogP contribution in [0.25, 0.3) is 10.8 Å². The number of nitriles is 1. The van der Waals surface area contributed by atoms with Crippen LogP contribution in [0.4, 0.5) is 22.7 Å². The third-order valence-corrected chi connectivity index (χ3v) is 6.87. The molecule has 4 N–H and O–H groups in total. The summed E-state index contributed by atoms with van der Waals surface area (Å²) in [6.07, 6.45) is 0. The van der Waals surface area contributed by atoms with Crippen molar-refractivity contribution in [1.82, 2.24) is 0 Å². The van der Waals surface area contributed by atoms with Crippen molar-refractivity contribution < 1.29 is 38.2 Å². The monoisotopic (exact) mass is 561 g/mol. The van der Waals surface area contributed by atoms with Crippen LogP contribution in [0.3, 0.4) is 0 Å². The lowest BCUT2D eigenvalue weighted by Gasteiger charge is -2.14. The van der Waals surface area contributed by atoms with Crippen LogP contribution in [0, 0.1) is 21.4 Å². The maximum atomic E-state index is 13.2. The van der Waals surface area contributed by atoms with E-state index in [0.29, 0.717) is 0 Å². The molecule has 4 aromatic rings. The van der Waals surface area contributed by atoms with Gasteiger partial charge < -0.3 is 15.3 Å². The van der Waals surface area contributed by atoms with Gasteiger partial charge in [-0.25, -0.2) is 18.0 Å². The number of nitro benzene ring substituents is 1. The van der Waals surface area contributed by atoms with Crippen LogP contribution >= 0.6 is 0 Å². The average molecular weight is 561 g/mol. The summed E-state index contributed by atoms with van der Waals surface area (Å²) in [4.78, 5) is 32.6. The molecule has 0 atom stereocenters. The number of aromatic carboxylic acids is 2. The fourth-order valence-electron chi connectivity index (χ4n) is 3.67. The summed E-state index contributed by atoms with van der Waals surface area (Å²) in [7, 11) is -4.57. The number of phenols is 1. The zero-order chi connectivity index (χ0) is 29.2. The quantitative estimate of drug-likeness (QED) is 0.128. The van der Waals surface area contributed by atoms with Gasteiger partial charge >= 0.3 is 11.9 Å². The molecule has 0 saturated carbocycles. The number of nitro groups is 1. The van der Waals surface area contributed by atoms with Gasteiger partial charge in [0.25, 0.3) is 15.7 Å². The van der Waals surface area contributed by atoms with E-state index in [4.69, 9.17) is 0 Å². The highest BCUT2D eigenvalue weighted by Gasteiger charge is 2.22. The second-order valence-electron chi connectivity index (χ2n) is 8.06. The Kier molecular flexibility index (Phi) is 7.11. The minimum atomic E-state index is -4.57. The van der Waals surface area contributed by atoms with E-state index in [0.717, 1.165) is 30.3 Å². The molecule has 0 aromatic heterocycles. The number of phenolic OH excluding ortho intramolecular Hbond substituents is 1. The molecule has 0 radical (unpaired) electrons. The zero-order valence-electron chi connectivity index (χ0n) is 19.8. The predicted octanol–water partition coefficient (Wildman–Crippen LogP) is 4.94. The van der Waals surface area contributed by atoms with Crippen molar-refractivity contribution in [1.29, 1.82) is 5.26 Å². The Morgan fingerprint density at radius 2 is 1.55 bits per heavy atom. The van der Waals surface area contributed by atoms with Gasteiger partial charge in [-0.1, -0.05) is 12.1 Å². The van der Waals surface area contributed by atoms with Gasteiger partial charge in [0, 0.05) is 22.9 Å². The molecule has 0 aliphatic heterocycles. The minimum Gasteiger partial charge on any atom is -0.507 e. The zero-order valence-corrected chi connectivity index (χ0v) is 20.7. The third kappa shape index (κ3) is 5.37. The lowest BCUT2D eigenvalue weighted by molar-refractivity contribution is -0.384. The molecule has 0 fully saturated rings. The van der Waals surface area contributed by atoms with Crippen LogP contribution in [0.15, 0.2) is 81.9 Å². The number of anilines is 1. The van der Waals surface area contributed by atoms with Gasteiger partial charge in [-0.05, 0) is 42.5 Å². The van der Waals surface area contributed by atoms with E-state index in [1.54, 1.807) is 6.07 Å². The van der Waals surface area contributed by atoms with Crippen molar-refractivity contribution >= 4 is 55.5 Å². The summed E-state index contributed by atoms with van der Waals surface area (Å²) in [6.45, 7) is 0. The molecule has 0 amide bonds. The first-order chi connectivity index (χ1) is 18.9. The molecule has 40 heavy (non-hydrogen) atoms. The molecule has 200 valence electrons. The molecule has 0 aliphatic rings. The summed E-state index contributed by atoms with van der Waals surface area (Å²) in [6, 6.07) is 14.3. The Hall–Kier alpha value is -5.88. The highest BCUT2D eigenvalue weighted by Crippen LogP contribution is 2.39. The first-order valence-corrected chi connectivity index (χ1v) is 12.4. The molecule has 4 aromatic carbocycles. The van der Waals surface area contributed by atoms with Crippen molar-refractivity contribution in [2.24, 2.45) is 10.2 Å². The fraction of sp³-hybridized carbons (Fsp3) is 0. The summed E-state index contributed by atoms with van der Waals surface area (Å²) < 4.78 is 28.7. The molecule has 0 spiro atoms. The summed E-state index contributed by atoms with van der Waals surface area (Å²) >= 11 is 0. The second kappa shape index (κ2) is 10.5. The molecular formula is C25H15N5O9S. The van der Waals surface area contributed by atoms with Crippen molar-refractivity contribution in [3.05, 3.63) is 93.5 Å². The average Bonchev–Trinajstić information content (AvgIpc) is 2.92. The Bertz CT molecular complexity index is 1880. The number of sulfonamides is 1. The van der Waals surface area contributed by atoms with E-state index in [1.165, 1.54) is 36.4 Å². The standard InChI is InChI=1S/C25H15N5O9S/c26-12-15-9-16(30(36)37)4-5-19(15)27-28-20-6-7-22(31)18-2-1-3-21(23(18)20)29-40(38,39)17-10-13(24(32)33)8-14(11-17)25(34)35/h1-11,29,31H,(H,32,33)(H,34,35). The highest BCUT2D eigenvalue weighted by atomic mass is 32.2. The maximum Gasteiger partial charge on any atom is 0.335 e. The van der Waals surface area contributed by atoms with Gasteiger partial charge in [0.2, 0.25) is 0 Å². The van der Waals surface area contributed by atoms with Gasteiger partial charge in [-0.2, -0.15) is 5.26 Å². The normalized spacial score (nSPS) is 11.3. The topological polar surface area (TPSA) is 233 Å². The number of carbonyl (C=O) groups is 2. The number of carboxylic acid groups (broad SMARTS) is 2. The number of carboxylic acids is 2. The number of benzene rings is 4.